The minimum absolute atomic E-state index is 0.233. The molecule has 0 aromatic rings. The van der Waals surface area contributed by atoms with Gasteiger partial charge in [0.15, 0.2) is 0 Å². The molecule has 0 heterocycles. The van der Waals surface area contributed by atoms with Gasteiger partial charge in [-0.2, -0.15) is 13.2 Å². The summed E-state index contributed by atoms with van der Waals surface area (Å²) in [6.07, 6.45) is 3.02. The average Bonchev–Trinajstić information content (AvgIpc) is 2.18. The van der Waals surface area contributed by atoms with Crippen molar-refractivity contribution < 1.29 is 18.0 Å². The molecule has 0 N–H and O–H groups in total. The van der Waals surface area contributed by atoms with E-state index in [4.69, 9.17) is 0 Å². The minimum Gasteiger partial charge on any atom is -0.300 e. The van der Waals surface area contributed by atoms with E-state index in [0.717, 1.165) is 38.5 Å². The number of ketones is 1. The third-order valence-electron chi connectivity index (χ3n) is 2.74. The Hall–Kier alpha value is -0.540. The van der Waals surface area contributed by atoms with Gasteiger partial charge in [0.25, 0.3) is 0 Å². The van der Waals surface area contributed by atoms with E-state index in [-0.39, 0.29) is 12.2 Å². The highest BCUT2D eigenvalue weighted by molar-refractivity contribution is 5.75. The summed E-state index contributed by atoms with van der Waals surface area (Å²) in [6.45, 7) is 1.60. The van der Waals surface area contributed by atoms with Crippen LogP contribution in [0, 0.1) is 0 Å². The molecule has 0 aromatic carbocycles. The number of unbranched alkanes of at least 4 members (excludes halogenated alkanes) is 7. The number of carbonyl (C=O) groups is 1. The van der Waals surface area contributed by atoms with E-state index in [1.54, 1.807) is 6.92 Å². The van der Waals surface area contributed by atoms with E-state index in [1.165, 1.54) is 0 Å². The number of halogens is 3. The van der Waals surface area contributed by atoms with Crippen molar-refractivity contribution in [2.24, 2.45) is 0 Å². The molecule has 17 heavy (non-hydrogen) atoms. The molecule has 0 aliphatic carbocycles. The molecule has 4 heteroatoms. The Morgan fingerprint density at radius 2 is 1.24 bits per heavy atom. The summed E-state index contributed by atoms with van der Waals surface area (Å²) in [5.41, 5.74) is 0. The first-order valence-corrected chi connectivity index (χ1v) is 6.48. The number of Topliss-reactive ketones (excluding diaryl/α,β-unsaturated/α-hetero) is 1. The van der Waals surface area contributed by atoms with Crippen LogP contribution >= 0.6 is 0 Å². The van der Waals surface area contributed by atoms with Gasteiger partial charge in [0.2, 0.25) is 0 Å². The van der Waals surface area contributed by atoms with Crippen molar-refractivity contribution in [1.29, 1.82) is 0 Å². The van der Waals surface area contributed by atoms with E-state index in [2.05, 4.69) is 0 Å². The predicted octanol–water partition coefficient (Wildman–Crippen LogP) is 5.04. The van der Waals surface area contributed by atoms with Crippen molar-refractivity contribution in [3.63, 3.8) is 0 Å². The maximum absolute atomic E-state index is 11.8. The van der Waals surface area contributed by atoms with Crippen LogP contribution in [-0.4, -0.2) is 12.0 Å². The average molecular weight is 252 g/mol. The van der Waals surface area contributed by atoms with Crippen LogP contribution in [0.25, 0.3) is 0 Å². The van der Waals surface area contributed by atoms with Crippen molar-refractivity contribution >= 4 is 5.78 Å². The summed E-state index contributed by atoms with van der Waals surface area (Å²) in [7, 11) is 0. The Bertz CT molecular complexity index is 199. The standard InChI is InChI=1S/C13H23F3O/c1-12(17)10-8-6-4-2-3-5-7-9-11-13(14,15)16/h2-11H2,1H3. The van der Waals surface area contributed by atoms with Crippen LogP contribution in [0.1, 0.15) is 71.1 Å². The Kier molecular flexibility index (Phi) is 9.18. The largest absolute Gasteiger partial charge is 0.389 e. The molecule has 0 amide bonds. The second-order valence-electron chi connectivity index (χ2n) is 4.65. The van der Waals surface area contributed by atoms with Crippen LogP contribution in [0.2, 0.25) is 0 Å². The van der Waals surface area contributed by atoms with E-state index in [0.29, 0.717) is 12.8 Å². The molecule has 0 rings (SSSR count). The maximum Gasteiger partial charge on any atom is 0.389 e. The zero-order valence-corrected chi connectivity index (χ0v) is 10.6. The summed E-state index contributed by atoms with van der Waals surface area (Å²) < 4.78 is 35.4. The van der Waals surface area contributed by atoms with Crippen LogP contribution < -0.4 is 0 Å². The second kappa shape index (κ2) is 9.49. The highest BCUT2D eigenvalue weighted by atomic mass is 19.4. The van der Waals surface area contributed by atoms with Gasteiger partial charge in [0, 0.05) is 12.8 Å². The van der Waals surface area contributed by atoms with E-state index in [1.807, 2.05) is 0 Å². The Morgan fingerprint density at radius 1 is 0.824 bits per heavy atom. The molecular formula is C13H23F3O. The number of hydrogen-bond donors (Lipinski definition) is 0. The van der Waals surface area contributed by atoms with Crippen molar-refractivity contribution in [3.8, 4) is 0 Å². The molecule has 0 unspecified atom stereocenters. The van der Waals surface area contributed by atoms with E-state index in [9.17, 15) is 18.0 Å². The first-order valence-electron chi connectivity index (χ1n) is 6.48. The molecule has 1 nitrogen and oxygen atoms in total. The molecule has 0 atom stereocenters. The summed E-state index contributed by atoms with van der Waals surface area (Å²) >= 11 is 0. The summed E-state index contributed by atoms with van der Waals surface area (Å²) in [4.78, 5) is 10.6. The van der Waals surface area contributed by atoms with Crippen molar-refractivity contribution in [1.82, 2.24) is 0 Å². The van der Waals surface area contributed by atoms with Gasteiger partial charge in [0.1, 0.15) is 5.78 Å². The number of carbonyl (C=O) groups excluding carboxylic acids is 1. The van der Waals surface area contributed by atoms with Gasteiger partial charge >= 0.3 is 6.18 Å². The fourth-order valence-corrected chi connectivity index (χ4v) is 1.76. The summed E-state index contributed by atoms with van der Waals surface area (Å²) in [6, 6.07) is 0. The summed E-state index contributed by atoms with van der Waals surface area (Å²) in [5.74, 6) is 0.233. The third kappa shape index (κ3) is 15.5. The predicted molar refractivity (Wildman–Crippen MR) is 62.9 cm³/mol. The van der Waals surface area contributed by atoms with Crippen molar-refractivity contribution in [2.75, 3.05) is 0 Å². The van der Waals surface area contributed by atoms with Crippen molar-refractivity contribution in [2.45, 2.75) is 77.3 Å². The first kappa shape index (κ1) is 16.5. The fraction of sp³-hybridized carbons (Fsp3) is 0.923. The molecule has 0 aliphatic heterocycles. The first-order chi connectivity index (χ1) is 7.92. The van der Waals surface area contributed by atoms with Crippen LogP contribution in [0.3, 0.4) is 0 Å². The topological polar surface area (TPSA) is 17.1 Å². The zero-order valence-electron chi connectivity index (χ0n) is 10.6. The lowest BCUT2D eigenvalue weighted by Crippen LogP contribution is -2.06. The van der Waals surface area contributed by atoms with Crippen LogP contribution in [0.15, 0.2) is 0 Å². The van der Waals surface area contributed by atoms with E-state index < -0.39 is 12.6 Å². The van der Waals surface area contributed by atoms with Gasteiger partial charge in [-0.15, -0.1) is 0 Å². The van der Waals surface area contributed by atoms with Gasteiger partial charge < -0.3 is 4.79 Å². The highest BCUT2D eigenvalue weighted by Crippen LogP contribution is 2.23. The van der Waals surface area contributed by atoms with Gasteiger partial charge in [-0.25, -0.2) is 0 Å². The summed E-state index contributed by atoms with van der Waals surface area (Å²) in [5, 5.41) is 0. The lowest BCUT2D eigenvalue weighted by Gasteiger charge is -2.05. The second-order valence-corrected chi connectivity index (χ2v) is 4.65. The Labute approximate surface area is 102 Å². The Balaban J connectivity index is 3.06. The number of hydrogen-bond acceptors (Lipinski definition) is 1. The molecule has 0 spiro atoms. The lowest BCUT2D eigenvalue weighted by atomic mass is 10.1. The quantitative estimate of drug-likeness (QED) is 0.498. The molecule has 0 fully saturated rings. The number of alkyl halides is 3. The smallest absolute Gasteiger partial charge is 0.300 e. The van der Waals surface area contributed by atoms with Crippen molar-refractivity contribution in [3.05, 3.63) is 0 Å². The van der Waals surface area contributed by atoms with Crippen LogP contribution in [0.5, 0.6) is 0 Å². The molecule has 102 valence electrons. The number of rotatable bonds is 10. The maximum atomic E-state index is 11.8. The molecule has 0 saturated heterocycles. The molecule has 0 saturated carbocycles. The van der Waals surface area contributed by atoms with Gasteiger partial charge in [-0.3, -0.25) is 0 Å². The van der Waals surface area contributed by atoms with Crippen LogP contribution in [-0.2, 0) is 4.79 Å². The fourth-order valence-electron chi connectivity index (χ4n) is 1.76. The molecule has 0 bridgehead atoms. The lowest BCUT2D eigenvalue weighted by molar-refractivity contribution is -0.135. The molecule has 0 radical (unpaired) electrons. The highest BCUT2D eigenvalue weighted by Gasteiger charge is 2.25. The monoisotopic (exact) mass is 252 g/mol. The minimum atomic E-state index is -3.99. The zero-order chi connectivity index (χ0) is 13.1. The normalized spacial score (nSPS) is 11.8. The van der Waals surface area contributed by atoms with E-state index >= 15 is 0 Å². The SMILES string of the molecule is CC(=O)CCCCCCCCCCC(F)(F)F. The molecule has 0 aliphatic rings. The van der Waals surface area contributed by atoms with Crippen LogP contribution in [0.4, 0.5) is 13.2 Å². The van der Waals surface area contributed by atoms with Gasteiger partial charge in [0.05, 0.1) is 0 Å². The van der Waals surface area contributed by atoms with Gasteiger partial charge in [-0.05, 0) is 19.8 Å². The Morgan fingerprint density at radius 3 is 1.65 bits per heavy atom. The molecular weight excluding hydrogens is 229 g/mol. The molecule has 0 aromatic heterocycles. The van der Waals surface area contributed by atoms with Gasteiger partial charge in [-0.1, -0.05) is 38.5 Å². The third-order valence-corrected chi connectivity index (χ3v) is 2.74.